The minimum atomic E-state index is 0.549. The van der Waals surface area contributed by atoms with Gasteiger partial charge in [0.15, 0.2) is 5.82 Å². The van der Waals surface area contributed by atoms with E-state index in [9.17, 15) is 0 Å². The molecule has 0 saturated carbocycles. The van der Waals surface area contributed by atoms with Crippen LogP contribution in [0.15, 0.2) is 67.0 Å². The first-order valence-electron chi connectivity index (χ1n) is 6.91. The minimum absolute atomic E-state index is 0.549. The predicted octanol–water partition coefficient (Wildman–Crippen LogP) is 3.70. The second-order valence-electron chi connectivity index (χ2n) is 4.74. The van der Waals surface area contributed by atoms with Crippen LogP contribution >= 0.6 is 0 Å². The van der Waals surface area contributed by atoms with Crippen molar-refractivity contribution in [2.45, 2.75) is 6.61 Å². The lowest BCUT2D eigenvalue weighted by Crippen LogP contribution is -1.95. The number of ether oxygens (including phenoxy) is 1. The van der Waals surface area contributed by atoms with Crippen molar-refractivity contribution in [1.29, 1.82) is 0 Å². The van der Waals surface area contributed by atoms with Crippen molar-refractivity contribution in [3.05, 3.63) is 78.1 Å². The molecule has 0 N–H and O–H groups in total. The lowest BCUT2D eigenvalue weighted by atomic mass is 10.2. The molecule has 2 aromatic carbocycles. The maximum atomic E-state index is 5.75. The average Bonchev–Trinajstić information content (AvgIpc) is 2.61. The molecule has 0 aliphatic carbocycles. The molecule has 0 atom stereocenters. The van der Waals surface area contributed by atoms with E-state index in [1.807, 2.05) is 54.6 Å². The summed E-state index contributed by atoms with van der Waals surface area (Å²) in [6.07, 6.45) is 8.58. The van der Waals surface area contributed by atoms with Gasteiger partial charge in [-0.2, -0.15) is 0 Å². The van der Waals surface area contributed by atoms with E-state index in [-0.39, 0.29) is 0 Å². The summed E-state index contributed by atoms with van der Waals surface area (Å²) in [4.78, 5) is 8.50. The standard InChI is InChI=1S/C19H14N2O/c1-2-15-12-20-19(21-13-15)17-8-10-18(11-9-17)22-14-16-6-4-3-5-7-16/h1,3-13H,14H2. The second-order valence-corrected chi connectivity index (χ2v) is 4.74. The molecule has 3 heteroatoms. The quantitative estimate of drug-likeness (QED) is 0.686. The zero-order valence-corrected chi connectivity index (χ0v) is 11.9. The van der Waals surface area contributed by atoms with Crippen LogP contribution in [-0.4, -0.2) is 9.97 Å². The van der Waals surface area contributed by atoms with Crippen LogP contribution in [0.4, 0.5) is 0 Å². The summed E-state index contributed by atoms with van der Waals surface area (Å²) in [5.74, 6) is 3.96. The van der Waals surface area contributed by atoms with Crippen molar-refractivity contribution < 1.29 is 4.74 Å². The number of nitrogens with zero attached hydrogens (tertiary/aromatic N) is 2. The molecule has 0 radical (unpaired) electrons. The molecule has 0 fully saturated rings. The number of benzene rings is 2. The van der Waals surface area contributed by atoms with Gasteiger partial charge in [-0.3, -0.25) is 0 Å². The highest BCUT2D eigenvalue weighted by Crippen LogP contribution is 2.20. The van der Waals surface area contributed by atoms with Crippen molar-refractivity contribution in [2.75, 3.05) is 0 Å². The third kappa shape index (κ3) is 3.31. The summed E-state index contributed by atoms with van der Waals surface area (Å²) in [5.41, 5.74) is 2.74. The Labute approximate surface area is 129 Å². The van der Waals surface area contributed by atoms with Gasteiger partial charge in [0.25, 0.3) is 0 Å². The molecular weight excluding hydrogens is 272 g/mol. The summed E-state index contributed by atoms with van der Waals surface area (Å²) >= 11 is 0. The number of terminal acetylenes is 1. The van der Waals surface area contributed by atoms with Crippen LogP contribution in [0.5, 0.6) is 5.75 Å². The van der Waals surface area contributed by atoms with E-state index in [0.717, 1.165) is 16.9 Å². The fourth-order valence-electron chi connectivity index (χ4n) is 1.99. The van der Waals surface area contributed by atoms with Gasteiger partial charge in [-0.15, -0.1) is 6.42 Å². The number of hydrogen-bond acceptors (Lipinski definition) is 3. The maximum Gasteiger partial charge on any atom is 0.159 e. The second kappa shape index (κ2) is 6.55. The van der Waals surface area contributed by atoms with Crippen LogP contribution in [-0.2, 0) is 6.61 Å². The molecule has 3 rings (SSSR count). The molecule has 0 saturated heterocycles. The molecule has 0 bridgehead atoms. The van der Waals surface area contributed by atoms with Crippen LogP contribution in [0, 0.1) is 12.3 Å². The van der Waals surface area contributed by atoms with Gasteiger partial charge in [-0.25, -0.2) is 9.97 Å². The molecule has 3 nitrogen and oxygen atoms in total. The Morgan fingerprint density at radius 2 is 1.59 bits per heavy atom. The van der Waals surface area contributed by atoms with Crippen molar-refractivity contribution >= 4 is 0 Å². The van der Waals surface area contributed by atoms with Gasteiger partial charge in [-0.1, -0.05) is 36.3 Å². The van der Waals surface area contributed by atoms with Crippen molar-refractivity contribution in [2.24, 2.45) is 0 Å². The van der Waals surface area contributed by atoms with E-state index in [2.05, 4.69) is 15.9 Å². The minimum Gasteiger partial charge on any atom is -0.489 e. The Balaban J connectivity index is 1.68. The van der Waals surface area contributed by atoms with Crippen molar-refractivity contribution in [3.63, 3.8) is 0 Å². The van der Waals surface area contributed by atoms with Gasteiger partial charge in [0.05, 0.1) is 5.56 Å². The third-order valence-electron chi connectivity index (χ3n) is 3.18. The Morgan fingerprint density at radius 3 is 2.23 bits per heavy atom. The summed E-state index contributed by atoms with van der Waals surface area (Å²) in [7, 11) is 0. The Kier molecular flexibility index (Phi) is 4.12. The molecule has 0 unspecified atom stereocenters. The number of rotatable bonds is 4. The smallest absolute Gasteiger partial charge is 0.159 e. The summed E-state index contributed by atoms with van der Waals surface area (Å²) in [6.45, 7) is 0.549. The average molecular weight is 286 g/mol. The van der Waals surface area contributed by atoms with Gasteiger partial charge >= 0.3 is 0 Å². The van der Waals surface area contributed by atoms with Crippen LogP contribution in [0.2, 0.25) is 0 Å². The van der Waals surface area contributed by atoms with Gasteiger partial charge in [-0.05, 0) is 29.8 Å². The normalized spacial score (nSPS) is 9.95. The van der Waals surface area contributed by atoms with Gasteiger partial charge in [0, 0.05) is 18.0 Å². The highest BCUT2D eigenvalue weighted by molar-refractivity contribution is 5.56. The first-order chi connectivity index (χ1) is 10.8. The van der Waals surface area contributed by atoms with Gasteiger partial charge in [0.1, 0.15) is 12.4 Å². The molecule has 0 spiro atoms. The van der Waals surface area contributed by atoms with E-state index in [1.54, 1.807) is 12.4 Å². The van der Waals surface area contributed by atoms with Gasteiger partial charge in [0.2, 0.25) is 0 Å². The van der Waals surface area contributed by atoms with E-state index in [0.29, 0.717) is 18.0 Å². The Hall–Kier alpha value is -3.12. The summed E-state index contributed by atoms with van der Waals surface area (Å²) < 4.78 is 5.75. The van der Waals surface area contributed by atoms with E-state index < -0.39 is 0 Å². The third-order valence-corrected chi connectivity index (χ3v) is 3.18. The SMILES string of the molecule is C#Cc1cnc(-c2ccc(OCc3ccccc3)cc2)nc1. The van der Waals surface area contributed by atoms with Crippen LogP contribution < -0.4 is 4.74 Å². The van der Waals surface area contributed by atoms with E-state index >= 15 is 0 Å². The fraction of sp³-hybridized carbons (Fsp3) is 0.0526. The molecule has 22 heavy (non-hydrogen) atoms. The maximum absolute atomic E-state index is 5.75. The van der Waals surface area contributed by atoms with E-state index in [4.69, 9.17) is 11.2 Å². The summed E-state index contributed by atoms with van der Waals surface area (Å²) in [6, 6.07) is 17.8. The molecule has 0 aliphatic heterocycles. The van der Waals surface area contributed by atoms with Crippen molar-refractivity contribution in [1.82, 2.24) is 9.97 Å². The van der Waals surface area contributed by atoms with Crippen LogP contribution in [0.1, 0.15) is 11.1 Å². The lowest BCUT2D eigenvalue weighted by molar-refractivity contribution is 0.306. The number of hydrogen-bond donors (Lipinski definition) is 0. The van der Waals surface area contributed by atoms with Crippen LogP contribution in [0.25, 0.3) is 11.4 Å². The highest BCUT2D eigenvalue weighted by Gasteiger charge is 2.02. The number of aromatic nitrogens is 2. The fourth-order valence-corrected chi connectivity index (χ4v) is 1.99. The summed E-state index contributed by atoms with van der Waals surface area (Å²) in [5, 5.41) is 0. The molecule has 3 aromatic rings. The van der Waals surface area contributed by atoms with Crippen LogP contribution in [0.3, 0.4) is 0 Å². The monoisotopic (exact) mass is 286 g/mol. The van der Waals surface area contributed by atoms with E-state index in [1.165, 1.54) is 0 Å². The first kappa shape index (κ1) is 13.8. The molecule has 0 amide bonds. The first-order valence-corrected chi connectivity index (χ1v) is 6.91. The Bertz CT molecular complexity index is 772. The van der Waals surface area contributed by atoms with Crippen molar-refractivity contribution in [3.8, 4) is 29.5 Å². The molecule has 1 heterocycles. The highest BCUT2D eigenvalue weighted by atomic mass is 16.5. The predicted molar refractivity (Wildman–Crippen MR) is 86.2 cm³/mol. The molecule has 0 aliphatic rings. The Morgan fingerprint density at radius 1 is 0.909 bits per heavy atom. The lowest BCUT2D eigenvalue weighted by Gasteiger charge is -2.07. The zero-order valence-electron chi connectivity index (χ0n) is 11.9. The zero-order chi connectivity index (χ0) is 15.2. The largest absolute Gasteiger partial charge is 0.489 e. The topological polar surface area (TPSA) is 35.0 Å². The molecule has 106 valence electrons. The molecule has 1 aromatic heterocycles. The molecular formula is C19H14N2O. The van der Waals surface area contributed by atoms with Gasteiger partial charge < -0.3 is 4.74 Å².